The molecule has 0 saturated carbocycles. The number of rotatable bonds is 15. The molecule has 0 radical (unpaired) electrons. The number of nitrogens with one attached hydrogen (secondary N) is 3. The van der Waals surface area contributed by atoms with Gasteiger partial charge in [0.15, 0.2) is 11.3 Å². The number of aromatic nitrogens is 6. The molecule has 16 heteroatoms. The van der Waals surface area contributed by atoms with Crippen LogP contribution < -0.4 is 14.8 Å². The summed E-state index contributed by atoms with van der Waals surface area (Å²) in [6.07, 6.45) is 2.97. The molecule has 1 saturated heterocycles. The van der Waals surface area contributed by atoms with Crippen LogP contribution in [-0.2, 0) is 9.47 Å². The number of ether oxygens (including phenoxy) is 4. The van der Waals surface area contributed by atoms with E-state index in [4.69, 9.17) is 35.8 Å². The molecule has 0 amide bonds. The number of anilines is 2. The van der Waals surface area contributed by atoms with E-state index < -0.39 is 0 Å². The molecule has 1 fully saturated rings. The van der Waals surface area contributed by atoms with Crippen LogP contribution in [0.5, 0.6) is 11.5 Å². The highest BCUT2D eigenvalue weighted by Gasteiger charge is 2.16. The minimum atomic E-state index is 0.323. The topological polar surface area (TPSA) is 186 Å². The molecule has 3 N–H and O–H groups in total. The summed E-state index contributed by atoms with van der Waals surface area (Å²) >= 11 is 6.22. The second kappa shape index (κ2) is 20.4. The summed E-state index contributed by atoms with van der Waals surface area (Å²) in [5.74, 6) is 2.93. The Labute approximate surface area is 352 Å². The summed E-state index contributed by atoms with van der Waals surface area (Å²) in [4.78, 5) is 28.6. The lowest BCUT2D eigenvalue weighted by Gasteiger charge is -2.26. The second-order valence-corrected chi connectivity index (χ2v) is 14.2. The van der Waals surface area contributed by atoms with Crippen molar-refractivity contribution in [3.05, 3.63) is 107 Å². The van der Waals surface area contributed by atoms with E-state index in [0.29, 0.717) is 75.6 Å². The third kappa shape index (κ3) is 10.5. The van der Waals surface area contributed by atoms with Crippen molar-refractivity contribution in [3.63, 3.8) is 0 Å². The van der Waals surface area contributed by atoms with Gasteiger partial charge < -0.3 is 39.1 Å². The van der Waals surface area contributed by atoms with Gasteiger partial charge in [0.1, 0.15) is 59.5 Å². The smallest absolute Gasteiger partial charge is 0.180 e. The lowest BCUT2D eigenvalue weighted by Crippen LogP contribution is -2.38. The van der Waals surface area contributed by atoms with E-state index in [-0.39, 0.29) is 0 Å². The van der Waals surface area contributed by atoms with Crippen LogP contribution in [0, 0.1) is 22.7 Å². The number of aromatic amines is 2. The third-order valence-electron chi connectivity index (χ3n) is 9.71. The molecule has 8 rings (SSSR count). The summed E-state index contributed by atoms with van der Waals surface area (Å²) in [5, 5.41) is 22.3. The van der Waals surface area contributed by atoms with E-state index in [2.05, 4.69) is 51.1 Å². The Morgan fingerprint density at radius 1 is 0.767 bits per heavy atom. The number of nitrogens with zero attached hydrogens (tertiary/aromatic N) is 8. The average Bonchev–Trinajstić information content (AvgIpc) is 3.94. The van der Waals surface area contributed by atoms with Crippen molar-refractivity contribution in [2.45, 2.75) is 0 Å². The molecule has 5 heterocycles. The Kier molecular flexibility index (Phi) is 14.1. The number of likely N-dealkylation sites (N-methyl/N-ethyl adjacent to an activating group) is 1. The number of morpholine rings is 1. The van der Waals surface area contributed by atoms with E-state index in [1.54, 1.807) is 13.3 Å². The zero-order valence-electron chi connectivity index (χ0n) is 33.3. The molecule has 15 nitrogen and oxygen atoms in total. The zero-order valence-corrected chi connectivity index (χ0v) is 34.1. The van der Waals surface area contributed by atoms with Crippen molar-refractivity contribution in [3.8, 4) is 46.4 Å². The lowest BCUT2D eigenvalue weighted by atomic mass is 10.2. The number of halogens is 1. The number of methoxy groups -OCH3 is 1. The van der Waals surface area contributed by atoms with Gasteiger partial charge in [0.05, 0.1) is 41.7 Å². The molecule has 1 aliphatic heterocycles. The Morgan fingerprint density at radius 3 is 1.95 bits per heavy atom. The summed E-state index contributed by atoms with van der Waals surface area (Å²) < 4.78 is 22.1. The van der Waals surface area contributed by atoms with E-state index in [0.717, 1.165) is 74.3 Å². The number of pyridine rings is 2. The predicted octanol–water partition coefficient (Wildman–Crippen LogP) is 7.06. The van der Waals surface area contributed by atoms with Crippen LogP contribution >= 0.6 is 11.6 Å². The molecule has 306 valence electrons. The number of H-pyrrole nitrogens is 2. The number of fused-ring (bicyclic) bond motifs is 2. The Morgan fingerprint density at radius 2 is 1.33 bits per heavy atom. The molecule has 0 atom stereocenters. The standard InChI is InChI=1S/C25H26N6O2.C19H18ClN5O2/c1-31(12-14-32-2)13-15-33-21-10-8-18(9-11-21)24-29-23-22(28-20-6-4-3-5-7-20)19(16-26)17-27-25(23)30-24;20-16-14(11-21)12-22-19-17(16)23-18(24-19)13-1-3-15(4-2-13)27-10-7-25-5-8-26-9-6-25/h3-11,17H,12-15H2,1-2H3,(H2,27,28,29,30);1-4,12H,5-10H2,(H,22,23,24). The molecule has 0 bridgehead atoms. The monoisotopic (exact) mass is 825 g/mol. The minimum Gasteiger partial charge on any atom is -0.492 e. The number of para-hydroxylation sites is 1. The van der Waals surface area contributed by atoms with Gasteiger partial charge in [-0.25, -0.2) is 19.9 Å². The Balaban J connectivity index is 0.000000185. The SMILES string of the molecule is COCCN(C)CCOc1ccc(-c2nc3ncc(C#N)c(Nc4ccccc4)c3[nH]2)cc1.N#Cc1cnc2nc(-c3ccc(OCCN4CCOCC4)cc3)[nH]c2c1Cl. The van der Waals surface area contributed by atoms with Crippen LogP contribution in [0.3, 0.4) is 0 Å². The van der Waals surface area contributed by atoms with Gasteiger partial charge in [0.25, 0.3) is 0 Å². The first-order valence-electron chi connectivity index (χ1n) is 19.4. The van der Waals surface area contributed by atoms with E-state index in [1.807, 2.05) is 92.0 Å². The van der Waals surface area contributed by atoms with Gasteiger partial charge in [-0.3, -0.25) is 4.90 Å². The fraction of sp³-hybridized carbons (Fsp3) is 0.273. The summed E-state index contributed by atoms with van der Waals surface area (Å²) in [7, 11) is 3.74. The van der Waals surface area contributed by atoms with Gasteiger partial charge >= 0.3 is 0 Å². The van der Waals surface area contributed by atoms with Gasteiger partial charge in [0, 0.05) is 69.0 Å². The molecule has 0 aliphatic carbocycles. The summed E-state index contributed by atoms with van der Waals surface area (Å²) in [6.45, 7) is 8.02. The minimum absolute atomic E-state index is 0.323. The zero-order chi connectivity index (χ0) is 41.7. The molecular formula is C44H44ClN11O4. The first kappa shape index (κ1) is 41.6. The number of nitriles is 2. The van der Waals surface area contributed by atoms with Gasteiger partial charge in [-0.05, 0) is 67.7 Å². The number of hydrogen-bond acceptors (Lipinski definition) is 13. The second-order valence-electron chi connectivity index (χ2n) is 13.8. The molecule has 1 aliphatic rings. The third-order valence-corrected chi connectivity index (χ3v) is 10.1. The number of hydrogen-bond donors (Lipinski definition) is 3. The molecule has 4 aromatic heterocycles. The lowest BCUT2D eigenvalue weighted by molar-refractivity contribution is 0.0322. The van der Waals surface area contributed by atoms with Crippen LogP contribution in [0.2, 0.25) is 5.02 Å². The van der Waals surface area contributed by atoms with Gasteiger partial charge in [-0.1, -0.05) is 29.8 Å². The molecule has 7 aromatic rings. The fourth-order valence-corrected chi connectivity index (χ4v) is 6.55. The first-order valence-corrected chi connectivity index (χ1v) is 19.8. The molecule has 3 aromatic carbocycles. The van der Waals surface area contributed by atoms with Crippen molar-refractivity contribution < 1.29 is 18.9 Å². The van der Waals surface area contributed by atoms with E-state index in [1.165, 1.54) is 6.20 Å². The summed E-state index contributed by atoms with van der Waals surface area (Å²) in [5.41, 5.74) is 6.39. The van der Waals surface area contributed by atoms with Crippen LogP contribution in [0.15, 0.2) is 91.3 Å². The normalized spacial score (nSPS) is 12.8. The highest BCUT2D eigenvalue weighted by Crippen LogP contribution is 2.31. The fourth-order valence-electron chi connectivity index (χ4n) is 6.33. The maximum absolute atomic E-state index is 9.57. The van der Waals surface area contributed by atoms with Gasteiger partial charge in [-0.15, -0.1) is 0 Å². The van der Waals surface area contributed by atoms with E-state index >= 15 is 0 Å². The number of imidazole rings is 2. The van der Waals surface area contributed by atoms with Crippen molar-refractivity contribution >= 4 is 45.3 Å². The predicted molar refractivity (Wildman–Crippen MR) is 230 cm³/mol. The molecule has 60 heavy (non-hydrogen) atoms. The van der Waals surface area contributed by atoms with E-state index in [9.17, 15) is 5.26 Å². The molecular weight excluding hydrogens is 782 g/mol. The van der Waals surface area contributed by atoms with Crippen molar-refractivity contribution in [1.82, 2.24) is 39.7 Å². The Hall–Kier alpha value is -6.59. The van der Waals surface area contributed by atoms with Crippen LogP contribution in [0.1, 0.15) is 11.1 Å². The maximum Gasteiger partial charge on any atom is 0.180 e. The number of benzene rings is 3. The van der Waals surface area contributed by atoms with Crippen molar-refractivity contribution in [2.75, 3.05) is 85.2 Å². The highest BCUT2D eigenvalue weighted by molar-refractivity contribution is 6.36. The average molecular weight is 826 g/mol. The van der Waals surface area contributed by atoms with Crippen LogP contribution in [0.4, 0.5) is 11.4 Å². The Bertz CT molecular complexity index is 2560. The van der Waals surface area contributed by atoms with Crippen molar-refractivity contribution in [1.29, 1.82) is 10.5 Å². The first-order chi connectivity index (χ1) is 29.4. The van der Waals surface area contributed by atoms with Gasteiger partial charge in [0.2, 0.25) is 0 Å². The quantitative estimate of drug-likeness (QED) is 0.0955. The summed E-state index contributed by atoms with van der Waals surface area (Å²) in [6, 6.07) is 29.4. The maximum atomic E-state index is 9.57. The van der Waals surface area contributed by atoms with Gasteiger partial charge in [-0.2, -0.15) is 10.5 Å². The van der Waals surface area contributed by atoms with Crippen LogP contribution in [0.25, 0.3) is 45.1 Å². The largest absolute Gasteiger partial charge is 0.492 e. The molecule has 0 unspecified atom stereocenters. The highest BCUT2D eigenvalue weighted by atomic mass is 35.5. The van der Waals surface area contributed by atoms with Crippen LogP contribution in [-0.4, -0.2) is 120 Å². The van der Waals surface area contributed by atoms with Crippen molar-refractivity contribution in [2.24, 2.45) is 0 Å². The molecule has 0 spiro atoms.